The quantitative estimate of drug-likeness (QED) is 0.813. The molecule has 0 radical (unpaired) electrons. The molecule has 2 heterocycles. The molecule has 1 aromatic heterocycles. The number of rotatable bonds is 5. The molecule has 0 aromatic carbocycles. The minimum Gasteiger partial charge on any atom is -0.465 e. The summed E-state index contributed by atoms with van der Waals surface area (Å²) in [7, 11) is -2.60. The summed E-state index contributed by atoms with van der Waals surface area (Å²) in [5.41, 5.74) is -0.00113. The lowest BCUT2D eigenvalue weighted by Gasteiger charge is -2.35. The number of hydrogen-bond donors (Lipinski definition) is 1. The first-order valence-corrected chi connectivity index (χ1v) is 9.19. The lowest BCUT2D eigenvalue weighted by atomic mass is 10.1. The number of hydrogen-bond acceptors (Lipinski definition) is 6. The van der Waals surface area contributed by atoms with E-state index >= 15 is 0 Å². The fraction of sp³-hybridized carbons (Fsp3) is 0.667. The molecule has 7 nitrogen and oxygen atoms in total. The van der Waals surface area contributed by atoms with Crippen molar-refractivity contribution in [2.75, 3.05) is 26.7 Å². The smallest absolute Gasteiger partial charge is 0.342 e. The fourth-order valence-corrected chi connectivity index (χ4v) is 5.10. The molecule has 0 saturated carbocycles. The van der Waals surface area contributed by atoms with Crippen LogP contribution in [0.1, 0.15) is 41.6 Å². The first-order chi connectivity index (χ1) is 10.8. The van der Waals surface area contributed by atoms with E-state index in [1.165, 1.54) is 11.4 Å². The Hall–Kier alpha value is -1.38. The van der Waals surface area contributed by atoms with E-state index in [1.54, 1.807) is 13.8 Å². The Morgan fingerprint density at radius 1 is 1.39 bits per heavy atom. The number of methoxy groups -OCH3 is 1. The molecular formula is C15H24N2O5S. The van der Waals surface area contributed by atoms with Crippen LogP contribution in [0.15, 0.2) is 9.31 Å². The van der Waals surface area contributed by atoms with Crippen molar-refractivity contribution in [1.29, 1.82) is 0 Å². The number of nitrogens with one attached hydrogen (secondary N) is 1. The van der Waals surface area contributed by atoms with Crippen molar-refractivity contribution in [3.8, 4) is 0 Å². The maximum absolute atomic E-state index is 13.2. The minimum absolute atomic E-state index is 0.00113. The third-order valence-electron chi connectivity index (χ3n) is 4.08. The van der Waals surface area contributed by atoms with Crippen molar-refractivity contribution in [2.45, 2.75) is 44.6 Å². The molecule has 23 heavy (non-hydrogen) atoms. The lowest BCUT2D eigenvalue weighted by molar-refractivity contribution is 0.0594. The Morgan fingerprint density at radius 3 is 2.70 bits per heavy atom. The lowest BCUT2D eigenvalue weighted by Crippen LogP contribution is -2.53. The van der Waals surface area contributed by atoms with Gasteiger partial charge in [-0.05, 0) is 20.3 Å². The summed E-state index contributed by atoms with van der Waals surface area (Å²) in [6.45, 7) is 6.71. The summed E-state index contributed by atoms with van der Waals surface area (Å²) in [4.78, 5) is 12.0. The Kier molecular flexibility index (Phi) is 5.49. The number of aryl methyl sites for hydroxylation is 2. The van der Waals surface area contributed by atoms with E-state index in [1.807, 2.05) is 6.92 Å². The molecule has 0 spiro atoms. The second-order valence-electron chi connectivity index (χ2n) is 5.67. The van der Waals surface area contributed by atoms with Crippen molar-refractivity contribution in [3.05, 3.63) is 17.1 Å². The normalized spacial score (nSPS) is 19.7. The monoisotopic (exact) mass is 344 g/mol. The van der Waals surface area contributed by atoms with Crippen LogP contribution >= 0.6 is 0 Å². The zero-order chi connectivity index (χ0) is 17.2. The van der Waals surface area contributed by atoms with Gasteiger partial charge in [-0.2, -0.15) is 4.31 Å². The van der Waals surface area contributed by atoms with E-state index in [-0.39, 0.29) is 28.0 Å². The fourth-order valence-electron chi connectivity index (χ4n) is 3.07. The van der Waals surface area contributed by atoms with Gasteiger partial charge in [0.2, 0.25) is 10.0 Å². The maximum atomic E-state index is 13.2. The second-order valence-corrected chi connectivity index (χ2v) is 7.50. The predicted molar refractivity (Wildman–Crippen MR) is 85.0 cm³/mol. The van der Waals surface area contributed by atoms with Crippen LogP contribution in [-0.2, 0) is 14.8 Å². The summed E-state index contributed by atoms with van der Waals surface area (Å²) < 4.78 is 38.0. The zero-order valence-corrected chi connectivity index (χ0v) is 14.8. The molecule has 1 fully saturated rings. The van der Waals surface area contributed by atoms with Crippen molar-refractivity contribution >= 4 is 16.0 Å². The van der Waals surface area contributed by atoms with Gasteiger partial charge in [0.25, 0.3) is 0 Å². The van der Waals surface area contributed by atoms with Crippen molar-refractivity contribution in [2.24, 2.45) is 0 Å². The molecule has 1 atom stereocenters. The number of piperazine rings is 1. The van der Waals surface area contributed by atoms with E-state index in [0.717, 1.165) is 12.8 Å². The first-order valence-electron chi connectivity index (χ1n) is 7.75. The van der Waals surface area contributed by atoms with E-state index in [0.29, 0.717) is 19.6 Å². The molecule has 1 saturated heterocycles. The molecule has 0 amide bonds. The highest BCUT2D eigenvalue weighted by molar-refractivity contribution is 7.89. The van der Waals surface area contributed by atoms with Crippen LogP contribution < -0.4 is 5.32 Å². The largest absolute Gasteiger partial charge is 0.465 e. The van der Waals surface area contributed by atoms with E-state index in [2.05, 4.69) is 5.32 Å². The van der Waals surface area contributed by atoms with E-state index < -0.39 is 16.0 Å². The van der Waals surface area contributed by atoms with E-state index in [4.69, 9.17) is 9.15 Å². The predicted octanol–water partition coefficient (Wildman–Crippen LogP) is 1.45. The molecule has 2 rings (SSSR count). The van der Waals surface area contributed by atoms with Crippen molar-refractivity contribution in [3.63, 3.8) is 0 Å². The molecule has 1 aromatic rings. The summed E-state index contributed by atoms with van der Waals surface area (Å²) in [5, 5.41) is 3.22. The molecule has 130 valence electrons. The van der Waals surface area contributed by atoms with Gasteiger partial charge in [-0.25, -0.2) is 13.2 Å². The summed E-state index contributed by atoms with van der Waals surface area (Å²) in [6, 6.07) is -0.126. The van der Waals surface area contributed by atoms with Crippen LogP contribution in [0.25, 0.3) is 0 Å². The first kappa shape index (κ1) is 18.0. The highest BCUT2D eigenvalue weighted by Gasteiger charge is 2.39. The summed E-state index contributed by atoms with van der Waals surface area (Å²) >= 11 is 0. The Balaban J connectivity index is 2.53. The number of nitrogens with zero attached hydrogens (tertiary/aromatic N) is 1. The molecule has 0 bridgehead atoms. The van der Waals surface area contributed by atoms with Gasteiger partial charge in [-0.15, -0.1) is 0 Å². The van der Waals surface area contributed by atoms with Crippen LogP contribution in [0, 0.1) is 13.8 Å². The molecule has 1 N–H and O–H groups in total. The van der Waals surface area contributed by atoms with Crippen LogP contribution in [-0.4, -0.2) is 51.5 Å². The van der Waals surface area contributed by atoms with Gasteiger partial charge in [0.15, 0.2) is 0 Å². The number of esters is 1. The highest BCUT2D eigenvalue weighted by Crippen LogP contribution is 2.31. The SMILES string of the molecule is CCCC1CNCCN1S(=O)(=O)c1c(C)oc(C)c1C(=O)OC. The van der Waals surface area contributed by atoms with Crippen molar-refractivity contribution in [1.82, 2.24) is 9.62 Å². The molecule has 1 aliphatic rings. The van der Waals surface area contributed by atoms with Gasteiger partial charge in [0.1, 0.15) is 22.0 Å². The number of sulfonamides is 1. The molecular weight excluding hydrogens is 320 g/mol. The average Bonchev–Trinajstić information content (AvgIpc) is 2.82. The number of carbonyl (C=O) groups excluding carboxylic acids is 1. The van der Waals surface area contributed by atoms with Gasteiger partial charge in [-0.1, -0.05) is 13.3 Å². The number of furan rings is 1. The van der Waals surface area contributed by atoms with Crippen molar-refractivity contribution < 1.29 is 22.4 Å². The molecule has 0 aliphatic carbocycles. The maximum Gasteiger partial charge on any atom is 0.342 e. The minimum atomic E-state index is -3.83. The number of ether oxygens (including phenoxy) is 1. The van der Waals surface area contributed by atoms with Gasteiger partial charge >= 0.3 is 5.97 Å². The summed E-state index contributed by atoms with van der Waals surface area (Å²) in [5.74, 6) is -0.216. The van der Waals surface area contributed by atoms with Crippen LogP contribution in [0.2, 0.25) is 0 Å². The Morgan fingerprint density at radius 2 is 2.09 bits per heavy atom. The molecule has 1 unspecified atom stereocenters. The standard InChI is InChI=1S/C15H24N2O5S/c1-5-6-12-9-16-7-8-17(12)23(19,20)14-11(3)22-10(2)13(14)15(18)21-4/h12,16H,5-9H2,1-4H3. The van der Waals surface area contributed by atoms with Gasteiger partial charge in [0.05, 0.1) is 7.11 Å². The van der Waals surface area contributed by atoms with Gasteiger partial charge < -0.3 is 14.5 Å². The topological polar surface area (TPSA) is 88.9 Å². The third kappa shape index (κ3) is 3.29. The molecule has 8 heteroatoms. The van der Waals surface area contributed by atoms with Crippen LogP contribution in [0.5, 0.6) is 0 Å². The van der Waals surface area contributed by atoms with E-state index in [9.17, 15) is 13.2 Å². The summed E-state index contributed by atoms with van der Waals surface area (Å²) in [6.07, 6.45) is 1.64. The van der Waals surface area contributed by atoms with Gasteiger partial charge in [0, 0.05) is 25.7 Å². The zero-order valence-electron chi connectivity index (χ0n) is 14.0. The number of carbonyl (C=O) groups is 1. The molecule has 1 aliphatic heterocycles. The highest BCUT2D eigenvalue weighted by atomic mass is 32.2. The Labute approximate surface area is 137 Å². The van der Waals surface area contributed by atoms with Crippen LogP contribution in [0.3, 0.4) is 0 Å². The third-order valence-corrected chi connectivity index (χ3v) is 6.19. The van der Waals surface area contributed by atoms with Gasteiger partial charge in [-0.3, -0.25) is 0 Å². The Bertz CT molecular complexity index is 678. The average molecular weight is 344 g/mol. The second kappa shape index (κ2) is 7.02. The van der Waals surface area contributed by atoms with Crippen LogP contribution in [0.4, 0.5) is 0 Å².